The van der Waals surface area contributed by atoms with Crippen LogP contribution in [0, 0.1) is 0 Å². The van der Waals surface area contributed by atoms with E-state index in [-0.39, 0.29) is 12.1 Å². The molecule has 1 unspecified atom stereocenters. The molecule has 0 radical (unpaired) electrons. The molecule has 2 aromatic rings. The van der Waals surface area contributed by atoms with Gasteiger partial charge in [0.1, 0.15) is 0 Å². The maximum Gasteiger partial charge on any atom is 0.418 e. The molecule has 0 spiro atoms. The fourth-order valence-corrected chi connectivity index (χ4v) is 2.61. The topological polar surface area (TPSA) is 17.0 Å². The lowest BCUT2D eigenvalue weighted by atomic mass is 10.0. The van der Waals surface area contributed by atoms with E-state index in [4.69, 9.17) is 0 Å². The predicted molar refractivity (Wildman–Crippen MR) is 79.6 cm³/mol. The standard InChI is InChI=1S/C16H21F3N2/c1-10(2)21-9-12(8-11(3)20-4)13-6-5-7-14(15(13)21)16(17,18)19/h5-7,9-11,20H,8H2,1-4H3. The maximum atomic E-state index is 13.3. The fraction of sp³-hybridized carbons (Fsp3) is 0.500. The van der Waals surface area contributed by atoms with Gasteiger partial charge < -0.3 is 9.88 Å². The molecule has 2 rings (SSSR count). The van der Waals surface area contributed by atoms with Gasteiger partial charge in [0.15, 0.2) is 0 Å². The van der Waals surface area contributed by atoms with Gasteiger partial charge >= 0.3 is 6.18 Å². The van der Waals surface area contributed by atoms with E-state index in [1.807, 2.05) is 34.0 Å². The number of nitrogens with zero attached hydrogens (tertiary/aromatic N) is 1. The van der Waals surface area contributed by atoms with Gasteiger partial charge in [-0.15, -0.1) is 0 Å². The lowest BCUT2D eigenvalue weighted by Gasteiger charge is -2.14. The number of benzene rings is 1. The Balaban J connectivity index is 2.70. The van der Waals surface area contributed by atoms with E-state index in [0.717, 1.165) is 11.6 Å². The Morgan fingerprint density at radius 3 is 2.38 bits per heavy atom. The van der Waals surface area contributed by atoms with Gasteiger partial charge in [-0.25, -0.2) is 0 Å². The van der Waals surface area contributed by atoms with Crippen LogP contribution in [0.15, 0.2) is 24.4 Å². The average Bonchev–Trinajstić information content (AvgIpc) is 2.76. The number of aromatic nitrogens is 1. The summed E-state index contributed by atoms with van der Waals surface area (Å²) in [6.45, 7) is 5.82. The summed E-state index contributed by atoms with van der Waals surface area (Å²) in [7, 11) is 1.85. The van der Waals surface area contributed by atoms with Crippen molar-refractivity contribution in [3.05, 3.63) is 35.5 Å². The van der Waals surface area contributed by atoms with Crippen LogP contribution < -0.4 is 5.32 Å². The van der Waals surface area contributed by atoms with Crippen LogP contribution in [0.1, 0.15) is 37.9 Å². The van der Waals surface area contributed by atoms with E-state index in [1.165, 1.54) is 6.07 Å². The summed E-state index contributed by atoms with van der Waals surface area (Å²) < 4.78 is 41.6. The lowest BCUT2D eigenvalue weighted by Crippen LogP contribution is -2.23. The highest BCUT2D eigenvalue weighted by Gasteiger charge is 2.34. The zero-order chi connectivity index (χ0) is 15.8. The van der Waals surface area contributed by atoms with Gasteiger partial charge in [0.2, 0.25) is 0 Å². The smallest absolute Gasteiger partial charge is 0.344 e. The zero-order valence-electron chi connectivity index (χ0n) is 12.8. The molecule has 0 aliphatic rings. The molecule has 116 valence electrons. The van der Waals surface area contributed by atoms with Crippen molar-refractivity contribution >= 4 is 10.9 Å². The van der Waals surface area contributed by atoms with Crippen molar-refractivity contribution in [3.63, 3.8) is 0 Å². The molecule has 0 aliphatic heterocycles. The molecule has 0 saturated carbocycles. The number of likely N-dealkylation sites (N-methyl/N-ethyl adjacent to an activating group) is 1. The van der Waals surface area contributed by atoms with Gasteiger partial charge in [0.25, 0.3) is 0 Å². The summed E-state index contributed by atoms with van der Waals surface area (Å²) in [4.78, 5) is 0. The summed E-state index contributed by atoms with van der Waals surface area (Å²) in [5.74, 6) is 0. The van der Waals surface area contributed by atoms with Gasteiger partial charge in [0, 0.05) is 23.7 Å². The van der Waals surface area contributed by atoms with Crippen molar-refractivity contribution in [2.24, 2.45) is 0 Å². The molecule has 1 atom stereocenters. The number of hydrogen-bond acceptors (Lipinski definition) is 1. The molecule has 0 fully saturated rings. The molecule has 5 heteroatoms. The Morgan fingerprint density at radius 2 is 1.86 bits per heavy atom. The van der Waals surface area contributed by atoms with Gasteiger partial charge in [-0.1, -0.05) is 12.1 Å². The lowest BCUT2D eigenvalue weighted by molar-refractivity contribution is -0.136. The molecule has 0 bridgehead atoms. The van der Waals surface area contributed by atoms with Crippen LogP contribution in [-0.4, -0.2) is 17.7 Å². The molecule has 0 amide bonds. The molecule has 1 aromatic carbocycles. The monoisotopic (exact) mass is 298 g/mol. The van der Waals surface area contributed by atoms with Crippen molar-refractivity contribution in [2.75, 3.05) is 7.05 Å². The summed E-state index contributed by atoms with van der Waals surface area (Å²) >= 11 is 0. The second-order valence-corrected chi connectivity index (χ2v) is 5.75. The van der Waals surface area contributed by atoms with E-state index in [9.17, 15) is 13.2 Å². The number of halogens is 3. The molecular weight excluding hydrogens is 277 g/mol. The predicted octanol–water partition coefficient (Wildman–Crippen LogP) is 4.39. The van der Waals surface area contributed by atoms with E-state index < -0.39 is 11.7 Å². The molecule has 2 nitrogen and oxygen atoms in total. The van der Waals surface area contributed by atoms with Crippen molar-refractivity contribution < 1.29 is 13.2 Å². The first kappa shape index (κ1) is 15.9. The molecule has 0 saturated heterocycles. The Bertz CT molecular complexity index is 626. The summed E-state index contributed by atoms with van der Waals surface area (Å²) in [6, 6.07) is 4.62. The van der Waals surface area contributed by atoms with Gasteiger partial charge in [-0.05, 0) is 45.9 Å². The fourth-order valence-electron chi connectivity index (χ4n) is 2.61. The van der Waals surface area contributed by atoms with Crippen LogP contribution in [0.4, 0.5) is 13.2 Å². The van der Waals surface area contributed by atoms with Crippen LogP contribution >= 0.6 is 0 Å². The number of alkyl halides is 3. The Labute approximate surface area is 122 Å². The van der Waals surface area contributed by atoms with E-state index in [1.54, 1.807) is 10.6 Å². The average molecular weight is 298 g/mol. The molecule has 1 N–H and O–H groups in total. The van der Waals surface area contributed by atoms with Crippen molar-refractivity contribution in [2.45, 2.75) is 45.5 Å². The third-order valence-corrected chi connectivity index (χ3v) is 3.82. The van der Waals surface area contributed by atoms with Crippen molar-refractivity contribution in [1.29, 1.82) is 0 Å². The van der Waals surface area contributed by atoms with Crippen LogP contribution in [-0.2, 0) is 12.6 Å². The normalized spacial score (nSPS) is 14.1. The number of rotatable bonds is 4. The maximum absolute atomic E-state index is 13.3. The first-order valence-corrected chi connectivity index (χ1v) is 7.12. The summed E-state index contributed by atoms with van der Waals surface area (Å²) in [5.41, 5.74) is 0.682. The van der Waals surface area contributed by atoms with Crippen LogP contribution in [0.3, 0.4) is 0 Å². The van der Waals surface area contributed by atoms with Crippen LogP contribution in [0.2, 0.25) is 0 Å². The highest BCUT2D eigenvalue weighted by atomic mass is 19.4. The number of nitrogens with one attached hydrogen (secondary N) is 1. The van der Waals surface area contributed by atoms with E-state index >= 15 is 0 Å². The molecule has 1 aromatic heterocycles. The Morgan fingerprint density at radius 1 is 1.19 bits per heavy atom. The zero-order valence-corrected chi connectivity index (χ0v) is 12.8. The van der Waals surface area contributed by atoms with Crippen LogP contribution in [0.25, 0.3) is 10.9 Å². The van der Waals surface area contributed by atoms with Gasteiger partial charge in [0.05, 0.1) is 11.1 Å². The van der Waals surface area contributed by atoms with Crippen molar-refractivity contribution in [3.8, 4) is 0 Å². The SMILES string of the molecule is CNC(C)Cc1cn(C(C)C)c2c(C(F)(F)F)cccc12. The molecule has 1 heterocycles. The number of fused-ring (bicyclic) bond motifs is 1. The largest absolute Gasteiger partial charge is 0.418 e. The summed E-state index contributed by atoms with van der Waals surface area (Å²) in [6.07, 6.45) is -1.77. The highest BCUT2D eigenvalue weighted by Crippen LogP contribution is 2.37. The van der Waals surface area contributed by atoms with Crippen LogP contribution in [0.5, 0.6) is 0 Å². The minimum absolute atomic E-state index is 0.0189. The minimum atomic E-state index is -4.34. The Hall–Kier alpha value is -1.49. The first-order chi connectivity index (χ1) is 9.75. The second kappa shape index (κ2) is 5.72. The summed E-state index contributed by atoms with van der Waals surface area (Å²) in [5, 5.41) is 3.82. The molecule has 21 heavy (non-hydrogen) atoms. The quantitative estimate of drug-likeness (QED) is 0.885. The van der Waals surface area contributed by atoms with E-state index in [2.05, 4.69) is 5.32 Å². The first-order valence-electron chi connectivity index (χ1n) is 7.12. The van der Waals surface area contributed by atoms with Crippen molar-refractivity contribution in [1.82, 2.24) is 9.88 Å². The molecule has 0 aliphatic carbocycles. The minimum Gasteiger partial charge on any atom is -0.344 e. The number of hydrogen-bond donors (Lipinski definition) is 1. The highest BCUT2D eigenvalue weighted by molar-refractivity contribution is 5.87. The third-order valence-electron chi connectivity index (χ3n) is 3.82. The Kier molecular flexibility index (Phi) is 4.33. The van der Waals surface area contributed by atoms with Gasteiger partial charge in [-0.3, -0.25) is 0 Å². The van der Waals surface area contributed by atoms with Gasteiger partial charge in [-0.2, -0.15) is 13.2 Å². The second-order valence-electron chi connectivity index (χ2n) is 5.75. The molecular formula is C16H21F3N2. The number of para-hydroxylation sites is 1. The third kappa shape index (κ3) is 3.07. The van der Waals surface area contributed by atoms with E-state index in [0.29, 0.717) is 17.3 Å².